The van der Waals surface area contributed by atoms with Gasteiger partial charge in [0.25, 0.3) is 0 Å². The molecule has 0 aromatic carbocycles. The Morgan fingerprint density at radius 3 is 2.89 bits per heavy atom. The van der Waals surface area contributed by atoms with Crippen LogP contribution in [-0.2, 0) is 11.2 Å². The number of hydrogen-bond acceptors (Lipinski definition) is 5. The lowest BCUT2D eigenvalue weighted by Gasteiger charge is -1.99. The lowest BCUT2D eigenvalue weighted by atomic mass is 10.1. The van der Waals surface area contributed by atoms with Gasteiger partial charge >= 0.3 is 0 Å². The van der Waals surface area contributed by atoms with Crippen molar-refractivity contribution in [2.24, 2.45) is 5.92 Å². The van der Waals surface area contributed by atoms with Crippen molar-refractivity contribution in [3.8, 4) is 11.5 Å². The zero-order valence-electron chi connectivity index (χ0n) is 10.7. The van der Waals surface area contributed by atoms with E-state index in [0.717, 1.165) is 5.56 Å². The Bertz CT molecular complexity index is 561. The van der Waals surface area contributed by atoms with E-state index in [-0.39, 0.29) is 18.1 Å². The van der Waals surface area contributed by atoms with Gasteiger partial charge in [0.05, 0.1) is 6.42 Å². The Morgan fingerprint density at radius 2 is 2.22 bits per heavy atom. The number of ketones is 1. The molecular weight excluding hydrogens is 230 g/mol. The van der Waals surface area contributed by atoms with E-state index in [9.17, 15) is 4.79 Å². The molecule has 0 radical (unpaired) electrons. The van der Waals surface area contributed by atoms with Crippen LogP contribution in [0.1, 0.15) is 25.3 Å². The molecule has 2 heterocycles. The van der Waals surface area contributed by atoms with E-state index in [1.807, 2.05) is 32.9 Å². The normalized spacial score (nSPS) is 10.9. The SMILES string of the molecule is Cc1cccnc1-c1noc(CC(=O)C(C)C)n1. The molecule has 0 spiro atoms. The van der Waals surface area contributed by atoms with E-state index < -0.39 is 0 Å². The van der Waals surface area contributed by atoms with Gasteiger partial charge in [0.15, 0.2) is 0 Å². The highest BCUT2D eigenvalue weighted by Crippen LogP contribution is 2.17. The first kappa shape index (κ1) is 12.4. The standard InChI is InChI=1S/C13H15N3O2/c1-8(2)10(17)7-11-15-13(16-18-11)12-9(3)5-4-6-14-12/h4-6,8H,7H2,1-3H3. The number of carbonyl (C=O) groups excluding carboxylic acids is 1. The predicted octanol–water partition coefficient (Wildman–Crippen LogP) is 2.21. The molecule has 0 aliphatic carbocycles. The number of rotatable bonds is 4. The van der Waals surface area contributed by atoms with Gasteiger partial charge in [-0.15, -0.1) is 0 Å². The second-order valence-electron chi connectivity index (χ2n) is 4.48. The maximum Gasteiger partial charge on any atom is 0.234 e. The van der Waals surface area contributed by atoms with Gasteiger partial charge in [0.1, 0.15) is 11.5 Å². The Balaban J connectivity index is 2.21. The molecule has 5 nitrogen and oxygen atoms in total. The maximum atomic E-state index is 11.6. The summed E-state index contributed by atoms with van der Waals surface area (Å²) in [5, 5.41) is 3.86. The average Bonchev–Trinajstić information content (AvgIpc) is 2.77. The fourth-order valence-corrected chi connectivity index (χ4v) is 1.50. The molecule has 0 amide bonds. The molecule has 0 atom stereocenters. The van der Waals surface area contributed by atoms with E-state index in [1.54, 1.807) is 6.20 Å². The van der Waals surface area contributed by atoms with Gasteiger partial charge in [-0.1, -0.05) is 25.1 Å². The quantitative estimate of drug-likeness (QED) is 0.826. The third kappa shape index (κ3) is 2.61. The third-order valence-electron chi connectivity index (χ3n) is 2.66. The lowest BCUT2D eigenvalue weighted by Crippen LogP contribution is -2.10. The highest BCUT2D eigenvalue weighted by Gasteiger charge is 2.16. The van der Waals surface area contributed by atoms with E-state index >= 15 is 0 Å². The minimum absolute atomic E-state index is 0.0306. The van der Waals surface area contributed by atoms with Crippen LogP contribution in [0.5, 0.6) is 0 Å². The molecule has 5 heteroatoms. The van der Waals surface area contributed by atoms with Gasteiger partial charge in [-0.05, 0) is 18.6 Å². The summed E-state index contributed by atoms with van der Waals surface area (Å²) in [4.78, 5) is 20.0. The summed E-state index contributed by atoms with van der Waals surface area (Å²) in [5.41, 5.74) is 1.66. The third-order valence-corrected chi connectivity index (χ3v) is 2.66. The topological polar surface area (TPSA) is 68.9 Å². The average molecular weight is 245 g/mol. The van der Waals surface area contributed by atoms with Crippen molar-refractivity contribution in [1.82, 2.24) is 15.1 Å². The summed E-state index contributed by atoms with van der Waals surface area (Å²) >= 11 is 0. The zero-order valence-corrected chi connectivity index (χ0v) is 10.7. The highest BCUT2D eigenvalue weighted by molar-refractivity contribution is 5.81. The van der Waals surface area contributed by atoms with Crippen LogP contribution in [-0.4, -0.2) is 20.9 Å². The van der Waals surface area contributed by atoms with Crippen LogP contribution in [0, 0.1) is 12.8 Å². The fraction of sp³-hybridized carbons (Fsp3) is 0.385. The Kier molecular flexibility index (Phi) is 3.50. The summed E-state index contributed by atoms with van der Waals surface area (Å²) in [7, 11) is 0. The van der Waals surface area contributed by atoms with Crippen molar-refractivity contribution in [2.45, 2.75) is 27.2 Å². The second-order valence-corrected chi connectivity index (χ2v) is 4.48. The molecule has 0 saturated heterocycles. The minimum atomic E-state index is -0.0306. The van der Waals surface area contributed by atoms with Crippen molar-refractivity contribution < 1.29 is 9.32 Å². The molecular formula is C13H15N3O2. The summed E-state index contributed by atoms with van der Waals surface area (Å²) in [5.74, 6) is 0.827. The van der Waals surface area contributed by atoms with Crippen molar-refractivity contribution in [3.05, 3.63) is 29.8 Å². The maximum absolute atomic E-state index is 11.6. The van der Waals surface area contributed by atoms with E-state index in [1.165, 1.54) is 0 Å². The van der Waals surface area contributed by atoms with Gasteiger partial charge in [-0.25, -0.2) is 0 Å². The number of pyridine rings is 1. The van der Waals surface area contributed by atoms with Gasteiger partial charge in [-0.2, -0.15) is 4.98 Å². The molecule has 18 heavy (non-hydrogen) atoms. The van der Waals surface area contributed by atoms with Crippen molar-refractivity contribution in [2.75, 3.05) is 0 Å². The van der Waals surface area contributed by atoms with E-state index in [2.05, 4.69) is 15.1 Å². The largest absolute Gasteiger partial charge is 0.338 e. The van der Waals surface area contributed by atoms with Gasteiger partial charge < -0.3 is 4.52 Å². The minimum Gasteiger partial charge on any atom is -0.338 e. The number of aromatic nitrogens is 3. The summed E-state index contributed by atoms with van der Waals surface area (Å²) in [6.45, 7) is 5.63. The van der Waals surface area contributed by atoms with Crippen LogP contribution in [0.25, 0.3) is 11.5 Å². The van der Waals surface area contributed by atoms with Crippen LogP contribution < -0.4 is 0 Å². The first-order valence-corrected chi connectivity index (χ1v) is 5.85. The lowest BCUT2D eigenvalue weighted by molar-refractivity contribution is -0.121. The summed E-state index contributed by atoms with van der Waals surface area (Å²) < 4.78 is 5.07. The van der Waals surface area contributed by atoms with Crippen LogP contribution in [0.15, 0.2) is 22.9 Å². The smallest absolute Gasteiger partial charge is 0.234 e. The summed E-state index contributed by atoms with van der Waals surface area (Å²) in [6.07, 6.45) is 1.86. The summed E-state index contributed by atoms with van der Waals surface area (Å²) in [6, 6.07) is 3.78. The monoisotopic (exact) mass is 245 g/mol. The molecule has 0 saturated carbocycles. The molecule has 0 aliphatic heterocycles. The van der Waals surface area contributed by atoms with Crippen LogP contribution in [0.2, 0.25) is 0 Å². The van der Waals surface area contributed by atoms with Crippen LogP contribution in [0.3, 0.4) is 0 Å². The Hall–Kier alpha value is -2.04. The number of Topliss-reactive ketones (excluding diaryl/α,β-unsaturated/α-hetero) is 1. The predicted molar refractivity (Wildman–Crippen MR) is 65.8 cm³/mol. The Labute approximate surface area is 105 Å². The number of aryl methyl sites for hydroxylation is 1. The van der Waals surface area contributed by atoms with E-state index in [0.29, 0.717) is 17.4 Å². The molecule has 2 aromatic rings. The fourth-order valence-electron chi connectivity index (χ4n) is 1.50. The zero-order chi connectivity index (χ0) is 13.1. The van der Waals surface area contributed by atoms with Crippen LogP contribution in [0.4, 0.5) is 0 Å². The first-order chi connectivity index (χ1) is 8.58. The molecule has 2 aromatic heterocycles. The molecule has 0 bridgehead atoms. The van der Waals surface area contributed by atoms with E-state index in [4.69, 9.17) is 4.52 Å². The second kappa shape index (κ2) is 5.08. The number of nitrogens with zero attached hydrogens (tertiary/aromatic N) is 3. The molecule has 0 aliphatic rings. The number of hydrogen-bond donors (Lipinski definition) is 0. The highest BCUT2D eigenvalue weighted by atomic mass is 16.5. The molecule has 94 valence electrons. The van der Waals surface area contributed by atoms with Crippen molar-refractivity contribution in [1.29, 1.82) is 0 Å². The first-order valence-electron chi connectivity index (χ1n) is 5.85. The van der Waals surface area contributed by atoms with Crippen molar-refractivity contribution >= 4 is 5.78 Å². The molecule has 0 fully saturated rings. The van der Waals surface area contributed by atoms with Crippen molar-refractivity contribution in [3.63, 3.8) is 0 Å². The van der Waals surface area contributed by atoms with Gasteiger partial charge in [0, 0.05) is 12.1 Å². The van der Waals surface area contributed by atoms with Crippen LogP contribution >= 0.6 is 0 Å². The van der Waals surface area contributed by atoms with Gasteiger partial charge in [-0.3, -0.25) is 9.78 Å². The van der Waals surface area contributed by atoms with Gasteiger partial charge in [0.2, 0.25) is 11.7 Å². The molecule has 0 N–H and O–H groups in total. The molecule has 0 unspecified atom stereocenters. The Morgan fingerprint density at radius 1 is 1.44 bits per heavy atom. The molecule has 2 rings (SSSR count). The number of carbonyl (C=O) groups is 1.